The number of hydrogen-bond acceptors (Lipinski definition) is 7. The van der Waals surface area contributed by atoms with Gasteiger partial charge in [-0.25, -0.2) is 9.07 Å². The highest BCUT2D eigenvalue weighted by molar-refractivity contribution is 9.10. The van der Waals surface area contributed by atoms with E-state index in [1.807, 2.05) is 17.8 Å². The minimum absolute atomic E-state index is 0.0441. The van der Waals surface area contributed by atoms with Gasteiger partial charge in [-0.2, -0.15) is 5.10 Å². The van der Waals surface area contributed by atoms with E-state index in [0.29, 0.717) is 28.0 Å². The van der Waals surface area contributed by atoms with E-state index in [1.165, 1.54) is 31.5 Å². The molecule has 3 aromatic heterocycles. The molecule has 0 saturated heterocycles. The highest BCUT2D eigenvalue weighted by Gasteiger charge is 2.24. The van der Waals surface area contributed by atoms with E-state index in [9.17, 15) is 14.5 Å². The first-order valence-corrected chi connectivity index (χ1v) is 11.5. The Bertz CT molecular complexity index is 1370. The van der Waals surface area contributed by atoms with Gasteiger partial charge < -0.3 is 19.6 Å². The molecule has 1 atom stereocenters. The van der Waals surface area contributed by atoms with Crippen LogP contribution in [-0.4, -0.2) is 36.6 Å². The van der Waals surface area contributed by atoms with E-state index in [1.54, 1.807) is 29.9 Å². The number of benzene rings is 1. The molecule has 0 radical (unpaired) electrons. The minimum atomic E-state index is -0.776. The third-order valence-electron chi connectivity index (χ3n) is 5.30. The lowest BCUT2D eigenvalue weighted by Gasteiger charge is -2.19. The summed E-state index contributed by atoms with van der Waals surface area (Å²) in [7, 11) is 1.52. The maximum absolute atomic E-state index is 14.3. The largest absolute Gasteiger partial charge is 0.480 e. The Balaban J connectivity index is 1.75. The lowest BCUT2D eigenvalue weighted by Crippen LogP contribution is -2.12. The van der Waals surface area contributed by atoms with Crippen LogP contribution >= 0.6 is 15.9 Å². The monoisotopic (exact) mass is 544 g/mol. The molecular weight excluding hydrogens is 523 g/mol. The molecule has 0 N–H and O–H groups in total. The molecule has 0 saturated carbocycles. The smallest absolute Gasteiger partial charge is 0.406 e. The molecule has 0 spiro atoms. The van der Waals surface area contributed by atoms with Crippen molar-refractivity contribution < 1.29 is 18.8 Å². The molecule has 0 amide bonds. The van der Waals surface area contributed by atoms with Gasteiger partial charge in [0.1, 0.15) is 11.9 Å². The molecule has 0 bridgehead atoms. The van der Waals surface area contributed by atoms with Crippen molar-refractivity contribution in [3.63, 3.8) is 0 Å². The molecule has 4 aromatic rings. The van der Waals surface area contributed by atoms with Gasteiger partial charge in [-0.05, 0) is 63.4 Å². The van der Waals surface area contributed by atoms with E-state index < -0.39 is 22.7 Å². The summed E-state index contributed by atoms with van der Waals surface area (Å²) < 4.78 is 29.6. The number of nitro groups is 1. The van der Waals surface area contributed by atoms with Crippen LogP contribution in [0.1, 0.15) is 36.8 Å². The lowest BCUT2D eigenvalue weighted by molar-refractivity contribution is -0.390. The number of halogens is 2. The second-order valence-electron chi connectivity index (χ2n) is 7.67. The van der Waals surface area contributed by atoms with Crippen LogP contribution in [0.3, 0.4) is 0 Å². The number of rotatable bonds is 9. The number of aromatic nitrogens is 5. The van der Waals surface area contributed by atoms with Crippen molar-refractivity contribution in [2.75, 3.05) is 7.11 Å². The highest BCUT2D eigenvalue weighted by atomic mass is 79.9. The van der Waals surface area contributed by atoms with Crippen molar-refractivity contribution in [2.24, 2.45) is 0 Å². The predicted molar refractivity (Wildman–Crippen MR) is 128 cm³/mol. The van der Waals surface area contributed by atoms with Gasteiger partial charge >= 0.3 is 5.82 Å². The quantitative estimate of drug-likeness (QED) is 0.214. The van der Waals surface area contributed by atoms with Crippen molar-refractivity contribution in [3.05, 3.63) is 86.1 Å². The Hall–Kier alpha value is -3.80. The molecule has 3 heterocycles. The van der Waals surface area contributed by atoms with E-state index in [4.69, 9.17) is 9.47 Å². The SMILES string of the molecule is CCn1cc(Cc2cc(OC)nn2-c2ccc(F)cc2[C@@H](C)Oc2cc(Br)cnc2[N+](=O)[O-])cn1. The molecular formula is C23H22BrFN6O4. The van der Waals surface area contributed by atoms with Crippen LogP contribution in [0.25, 0.3) is 5.69 Å². The number of ether oxygens (including phenoxy) is 2. The second-order valence-corrected chi connectivity index (χ2v) is 8.58. The zero-order valence-electron chi connectivity index (χ0n) is 19.2. The fraction of sp³-hybridized carbons (Fsp3) is 0.261. The van der Waals surface area contributed by atoms with Gasteiger partial charge in [-0.3, -0.25) is 4.68 Å². The van der Waals surface area contributed by atoms with E-state index in [0.717, 1.165) is 17.8 Å². The van der Waals surface area contributed by atoms with Gasteiger partial charge in [0.25, 0.3) is 0 Å². The van der Waals surface area contributed by atoms with Crippen LogP contribution in [0.4, 0.5) is 10.2 Å². The molecule has 0 fully saturated rings. The second kappa shape index (κ2) is 10.2. The third-order valence-corrected chi connectivity index (χ3v) is 5.73. The molecule has 182 valence electrons. The minimum Gasteiger partial charge on any atom is -0.480 e. The lowest BCUT2D eigenvalue weighted by atomic mass is 10.1. The highest BCUT2D eigenvalue weighted by Crippen LogP contribution is 2.34. The van der Waals surface area contributed by atoms with Crippen LogP contribution in [0.15, 0.2) is 53.4 Å². The van der Waals surface area contributed by atoms with Crippen molar-refractivity contribution in [1.82, 2.24) is 24.5 Å². The molecule has 1 aromatic carbocycles. The van der Waals surface area contributed by atoms with Crippen molar-refractivity contribution in [2.45, 2.75) is 32.9 Å². The maximum Gasteiger partial charge on any atom is 0.406 e. The normalized spacial score (nSPS) is 11.9. The summed E-state index contributed by atoms with van der Waals surface area (Å²) >= 11 is 3.25. The number of aryl methyl sites for hydroxylation is 1. The summed E-state index contributed by atoms with van der Waals surface area (Å²) in [6.07, 6.45) is 4.77. The number of nitrogens with zero attached hydrogens (tertiary/aromatic N) is 6. The fourth-order valence-corrected chi connectivity index (χ4v) is 3.95. The average molecular weight is 545 g/mol. The molecule has 12 heteroatoms. The van der Waals surface area contributed by atoms with Crippen LogP contribution in [0, 0.1) is 15.9 Å². The van der Waals surface area contributed by atoms with Gasteiger partial charge in [0, 0.05) is 36.9 Å². The topological polar surface area (TPSA) is 110 Å². The van der Waals surface area contributed by atoms with Gasteiger partial charge in [-0.15, -0.1) is 5.10 Å². The Kier molecular flexibility index (Phi) is 7.10. The summed E-state index contributed by atoms with van der Waals surface area (Å²) in [5.74, 6) is -0.575. The molecule has 0 aliphatic carbocycles. The van der Waals surface area contributed by atoms with Crippen LogP contribution in [0.5, 0.6) is 11.6 Å². The first-order chi connectivity index (χ1) is 16.8. The zero-order chi connectivity index (χ0) is 25.1. The summed E-state index contributed by atoms with van der Waals surface area (Å²) in [5, 5.41) is 20.3. The van der Waals surface area contributed by atoms with Gasteiger partial charge in [0.05, 0.1) is 29.2 Å². The average Bonchev–Trinajstić information content (AvgIpc) is 3.45. The van der Waals surface area contributed by atoms with Crippen molar-refractivity contribution in [3.8, 4) is 17.3 Å². The van der Waals surface area contributed by atoms with Gasteiger partial charge in [0.2, 0.25) is 11.6 Å². The van der Waals surface area contributed by atoms with Crippen molar-refractivity contribution >= 4 is 21.7 Å². The van der Waals surface area contributed by atoms with E-state index >= 15 is 0 Å². The van der Waals surface area contributed by atoms with Crippen LogP contribution in [0.2, 0.25) is 0 Å². The van der Waals surface area contributed by atoms with E-state index in [-0.39, 0.29) is 5.75 Å². The summed E-state index contributed by atoms with van der Waals surface area (Å²) in [6.45, 7) is 4.42. The van der Waals surface area contributed by atoms with Crippen LogP contribution < -0.4 is 9.47 Å². The number of hydrogen-bond donors (Lipinski definition) is 0. The first-order valence-electron chi connectivity index (χ1n) is 10.7. The number of pyridine rings is 1. The third kappa shape index (κ3) is 5.32. The Morgan fingerprint density at radius 2 is 2.06 bits per heavy atom. The van der Waals surface area contributed by atoms with Crippen molar-refractivity contribution in [1.29, 1.82) is 0 Å². The number of methoxy groups -OCH3 is 1. The summed E-state index contributed by atoms with van der Waals surface area (Å²) in [4.78, 5) is 14.6. The predicted octanol–water partition coefficient (Wildman–Crippen LogP) is 5.03. The van der Waals surface area contributed by atoms with E-state index in [2.05, 4.69) is 31.1 Å². The molecule has 35 heavy (non-hydrogen) atoms. The standard InChI is InChI=1S/C23H22BrFN6O4/c1-4-29-13-15(11-27-29)7-18-10-22(34-3)28-30(18)20-6-5-17(25)9-19(20)14(2)35-21-8-16(24)12-26-23(21)31(32)33/h5-6,8-14H,4,7H2,1-3H3/t14-/m1/s1. The zero-order valence-corrected chi connectivity index (χ0v) is 20.8. The Morgan fingerprint density at radius 1 is 1.26 bits per heavy atom. The molecule has 0 aliphatic rings. The molecule has 10 nitrogen and oxygen atoms in total. The Labute approximate surface area is 208 Å². The fourth-order valence-electron chi connectivity index (χ4n) is 3.64. The molecule has 4 rings (SSSR count). The first kappa shape index (κ1) is 24.3. The summed E-state index contributed by atoms with van der Waals surface area (Å²) in [5.41, 5.74) is 2.74. The maximum atomic E-state index is 14.3. The Morgan fingerprint density at radius 3 is 2.74 bits per heavy atom. The van der Waals surface area contributed by atoms with Crippen LogP contribution in [-0.2, 0) is 13.0 Å². The molecule has 0 unspecified atom stereocenters. The van der Waals surface area contributed by atoms with Gasteiger partial charge in [0.15, 0.2) is 6.20 Å². The summed E-state index contributed by atoms with van der Waals surface area (Å²) in [6, 6.07) is 7.48. The molecule has 0 aliphatic heterocycles. The van der Waals surface area contributed by atoms with Gasteiger partial charge in [-0.1, -0.05) is 0 Å².